The molecule has 8 heteroatoms. The van der Waals surface area contributed by atoms with Crippen LogP contribution in [0.2, 0.25) is 0 Å². The highest BCUT2D eigenvalue weighted by Crippen LogP contribution is 2.07. The van der Waals surface area contributed by atoms with Gasteiger partial charge < -0.3 is 15.2 Å². The molecule has 0 aliphatic rings. The zero-order chi connectivity index (χ0) is 16.5. The molecule has 0 spiro atoms. The Hall–Kier alpha value is -1.67. The molecular formula is C13H24N2O6. The maximum absolute atomic E-state index is 11.5. The van der Waals surface area contributed by atoms with Gasteiger partial charge in [-0.25, -0.2) is 5.48 Å². The van der Waals surface area contributed by atoms with Gasteiger partial charge in [0.2, 0.25) is 11.8 Å². The van der Waals surface area contributed by atoms with Crippen LogP contribution in [-0.4, -0.2) is 46.3 Å². The van der Waals surface area contributed by atoms with Crippen molar-refractivity contribution < 1.29 is 29.4 Å². The average Bonchev–Trinajstić information content (AvgIpc) is 2.34. The Bertz CT molecular complexity index is 364. The second kappa shape index (κ2) is 9.30. The number of amides is 2. The van der Waals surface area contributed by atoms with Gasteiger partial charge in [-0.2, -0.15) is 0 Å². The van der Waals surface area contributed by atoms with E-state index in [1.54, 1.807) is 20.8 Å². The van der Waals surface area contributed by atoms with Crippen LogP contribution in [-0.2, 0) is 19.1 Å². The second-order valence-electron chi connectivity index (χ2n) is 5.65. The molecule has 0 rings (SSSR count). The predicted molar refractivity (Wildman–Crippen MR) is 73.3 cm³/mol. The number of rotatable bonds is 8. The molecule has 0 fully saturated rings. The lowest BCUT2D eigenvalue weighted by Crippen LogP contribution is -2.35. The number of hydroxylamine groups is 1. The quantitative estimate of drug-likeness (QED) is 0.281. The van der Waals surface area contributed by atoms with Gasteiger partial charge in [-0.3, -0.25) is 19.6 Å². The van der Waals surface area contributed by atoms with E-state index in [-0.39, 0.29) is 25.8 Å². The van der Waals surface area contributed by atoms with E-state index in [1.807, 2.05) is 0 Å². The fraction of sp³-hybridized carbons (Fsp3) is 0.769. The van der Waals surface area contributed by atoms with Crippen LogP contribution in [0.5, 0.6) is 0 Å². The van der Waals surface area contributed by atoms with Gasteiger partial charge in [0.15, 0.2) is 0 Å². The molecule has 122 valence electrons. The largest absolute Gasteiger partial charge is 0.459 e. The summed E-state index contributed by atoms with van der Waals surface area (Å²) in [5, 5.41) is 20.2. The number of nitrogens with one attached hydrogen (secondary N) is 2. The molecule has 0 aromatic rings. The molecule has 0 aliphatic carbocycles. The van der Waals surface area contributed by atoms with Crippen molar-refractivity contribution in [1.29, 1.82) is 0 Å². The van der Waals surface area contributed by atoms with Crippen LogP contribution in [0, 0.1) is 0 Å². The number of ether oxygens (including phenoxy) is 1. The van der Waals surface area contributed by atoms with Crippen molar-refractivity contribution in [3.63, 3.8) is 0 Å². The molecule has 1 unspecified atom stereocenters. The highest BCUT2D eigenvalue weighted by Gasteiger charge is 2.17. The van der Waals surface area contributed by atoms with E-state index in [1.165, 1.54) is 5.48 Å². The molecule has 2 amide bonds. The molecule has 0 radical (unpaired) electrons. The normalized spacial score (nSPS) is 12.4. The number of esters is 1. The minimum absolute atomic E-state index is 0.0626. The first kappa shape index (κ1) is 19.3. The number of aliphatic hydroxyl groups is 1. The Morgan fingerprint density at radius 3 is 2.33 bits per heavy atom. The van der Waals surface area contributed by atoms with Crippen LogP contribution in [0.15, 0.2) is 0 Å². The summed E-state index contributed by atoms with van der Waals surface area (Å²) in [6, 6.07) is 0. The Labute approximate surface area is 123 Å². The van der Waals surface area contributed by atoms with Gasteiger partial charge in [-0.15, -0.1) is 0 Å². The standard InChI is InChI=1S/C13H24N2O6/c1-13(2,3)21-12(19)8-14-11(18)7-9(16)5-4-6-10(17)15-20/h9,16,20H,4-8H2,1-3H3,(H,14,18)(H,15,17). The van der Waals surface area contributed by atoms with Crippen LogP contribution >= 0.6 is 0 Å². The van der Waals surface area contributed by atoms with Crippen molar-refractivity contribution in [2.24, 2.45) is 0 Å². The lowest BCUT2D eigenvalue weighted by Gasteiger charge is -2.19. The van der Waals surface area contributed by atoms with Gasteiger partial charge in [0.1, 0.15) is 12.1 Å². The van der Waals surface area contributed by atoms with Gasteiger partial charge in [0.25, 0.3) is 0 Å². The van der Waals surface area contributed by atoms with Crippen LogP contribution in [0.3, 0.4) is 0 Å². The highest BCUT2D eigenvalue weighted by atomic mass is 16.6. The lowest BCUT2D eigenvalue weighted by molar-refractivity contribution is -0.154. The first-order valence-electron chi connectivity index (χ1n) is 6.73. The highest BCUT2D eigenvalue weighted by molar-refractivity contribution is 5.82. The Balaban J connectivity index is 3.83. The van der Waals surface area contributed by atoms with Crippen molar-refractivity contribution in [1.82, 2.24) is 10.8 Å². The third-order valence-corrected chi connectivity index (χ3v) is 2.34. The third kappa shape index (κ3) is 11.8. The average molecular weight is 304 g/mol. The van der Waals surface area contributed by atoms with E-state index in [0.717, 1.165) is 0 Å². The number of hydrogen-bond donors (Lipinski definition) is 4. The third-order valence-electron chi connectivity index (χ3n) is 2.34. The van der Waals surface area contributed by atoms with E-state index in [0.29, 0.717) is 6.42 Å². The van der Waals surface area contributed by atoms with Crippen LogP contribution < -0.4 is 10.8 Å². The summed E-state index contributed by atoms with van der Waals surface area (Å²) in [5.74, 6) is -1.57. The minimum Gasteiger partial charge on any atom is -0.459 e. The van der Waals surface area contributed by atoms with E-state index in [2.05, 4.69) is 5.32 Å². The molecule has 0 heterocycles. The van der Waals surface area contributed by atoms with Crippen LogP contribution in [0.1, 0.15) is 46.5 Å². The Morgan fingerprint density at radius 2 is 1.81 bits per heavy atom. The molecule has 0 saturated carbocycles. The molecular weight excluding hydrogens is 280 g/mol. The van der Waals surface area contributed by atoms with Gasteiger partial charge >= 0.3 is 5.97 Å². The van der Waals surface area contributed by atoms with Crippen molar-refractivity contribution in [3.05, 3.63) is 0 Å². The first-order chi connectivity index (χ1) is 9.64. The van der Waals surface area contributed by atoms with Gasteiger partial charge in [0, 0.05) is 6.42 Å². The van der Waals surface area contributed by atoms with E-state index in [4.69, 9.17) is 9.94 Å². The number of hydrogen-bond acceptors (Lipinski definition) is 6. The van der Waals surface area contributed by atoms with Gasteiger partial charge in [0.05, 0.1) is 12.5 Å². The topological polar surface area (TPSA) is 125 Å². The van der Waals surface area contributed by atoms with Crippen molar-refractivity contribution in [3.8, 4) is 0 Å². The summed E-state index contributed by atoms with van der Waals surface area (Å²) in [6.45, 7) is 4.91. The monoisotopic (exact) mass is 304 g/mol. The van der Waals surface area contributed by atoms with Crippen molar-refractivity contribution >= 4 is 17.8 Å². The van der Waals surface area contributed by atoms with Crippen molar-refractivity contribution in [2.75, 3.05) is 6.54 Å². The van der Waals surface area contributed by atoms with Crippen molar-refractivity contribution in [2.45, 2.75) is 58.2 Å². The summed E-state index contributed by atoms with van der Waals surface area (Å²) in [6.07, 6.45) is -0.424. The lowest BCUT2D eigenvalue weighted by atomic mass is 10.1. The first-order valence-corrected chi connectivity index (χ1v) is 6.73. The van der Waals surface area contributed by atoms with Gasteiger partial charge in [-0.05, 0) is 33.6 Å². The summed E-state index contributed by atoms with van der Waals surface area (Å²) in [4.78, 5) is 33.6. The van der Waals surface area contributed by atoms with E-state index >= 15 is 0 Å². The van der Waals surface area contributed by atoms with E-state index < -0.39 is 29.5 Å². The maximum Gasteiger partial charge on any atom is 0.325 e. The fourth-order valence-corrected chi connectivity index (χ4v) is 1.49. The Morgan fingerprint density at radius 1 is 1.19 bits per heavy atom. The Kier molecular flexibility index (Phi) is 8.56. The zero-order valence-electron chi connectivity index (χ0n) is 12.6. The van der Waals surface area contributed by atoms with Crippen LogP contribution in [0.4, 0.5) is 0 Å². The molecule has 0 bridgehead atoms. The fourth-order valence-electron chi connectivity index (χ4n) is 1.49. The molecule has 21 heavy (non-hydrogen) atoms. The number of carbonyl (C=O) groups is 3. The molecule has 8 nitrogen and oxygen atoms in total. The predicted octanol–water partition coefficient (Wildman–Crippen LogP) is -0.129. The summed E-state index contributed by atoms with van der Waals surface area (Å²) in [7, 11) is 0. The summed E-state index contributed by atoms with van der Waals surface area (Å²) < 4.78 is 5.01. The summed E-state index contributed by atoms with van der Waals surface area (Å²) >= 11 is 0. The number of aliphatic hydroxyl groups excluding tert-OH is 1. The molecule has 4 N–H and O–H groups in total. The van der Waals surface area contributed by atoms with E-state index in [9.17, 15) is 19.5 Å². The zero-order valence-corrected chi connectivity index (χ0v) is 12.6. The molecule has 1 atom stereocenters. The minimum atomic E-state index is -0.907. The molecule has 0 aromatic carbocycles. The summed E-state index contributed by atoms with van der Waals surface area (Å²) in [5.41, 5.74) is 0.863. The second-order valence-corrected chi connectivity index (χ2v) is 5.65. The molecule has 0 aromatic heterocycles. The van der Waals surface area contributed by atoms with Gasteiger partial charge in [-0.1, -0.05) is 0 Å². The molecule has 0 saturated heterocycles. The molecule has 0 aliphatic heterocycles. The van der Waals surface area contributed by atoms with Crippen LogP contribution in [0.25, 0.3) is 0 Å². The maximum atomic E-state index is 11.5. The smallest absolute Gasteiger partial charge is 0.325 e. The number of carbonyl (C=O) groups excluding carboxylic acids is 3. The SMILES string of the molecule is CC(C)(C)OC(=O)CNC(=O)CC(O)CCCC(=O)NO.